The Hall–Kier alpha value is -1.23. The molecule has 0 unspecified atom stereocenters. The lowest BCUT2D eigenvalue weighted by Gasteiger charge is -2.32. The van der Waals surface area contributed by atoms with E-state index in [1.54, 1.807) is 14.2 Å². The van der Waals surface area contributed by atoms with Crippen LogP contribution in [0.4, 0.5) is 0 Å². The van der Waals surface area contributed by atoms with E-state index < -0.39 is 9.84 Å². The first-order chi connectivity index (χ1) is 12.4. The van der Waals surface area contributed by atoms with Crippen LogP contribution in [0, 0.1) is 0 Å². The molecule has 0 bridgehead atoms. The molecule has 1 aliphatic heterocycles. The van der Waals surface area contributed by atoms with E-state index in [1.807, 2.05) is 19.1 Å². The van der Waals surface area contributed by atoms with Crippen molar-refractivity contribution in [3.63, 3.8) is 0 Å². The lowest BCUT2D eigenvalue weighted by atomic mass is 9.99. The Morgan fingerprint density at radius 2 is 1.85 bits per heavy atom. The third kappa shape index (κ3) is 7.02. The minimum atomic E-state index is -2.94. The predicted octanol–water partition coefficient (Wildman–Crippen LogP) is 2.08. The van der Waals surface area contributed by atoms with E-state index in [9.17, 15) is 8.42 Å². The summed E-state index contributed by atoms with van der Waals surface area (Å²) in [7, 11) is 0.339. The van der Waals surface area contributed by atoms with Gasteiger partial charge in [-0.05, 0) is 43.0 Å². The maximum atomic E-state index is 11.3. The van der Waals surface area contributed by atoms with Crippen LogP contribution in [0.2, 0.25) is 0 Å². The number of guanidine groups is 1. The van der Waals surface area contributed by atoms with Crippen LogP contribution < -0.4 is 14.8 Å². The molecule has 2 rings (SSSR count). The van der Waals surface area contributed by atoms with Gasteiger partial charge in [0.25, 0.3) is 0 Å². The number of ether oxygens (including phenoxy) is 2. The molecule has 27 heavy (non-hydrogen) atoms. The number of sulfone groups is 1. The highest BCUT2D eigenvalue weighted by atomic mass is 127. The van der Waals surface area contributed by atoms with Crippen molar-refractivity contribution in [2.45, 2.75) is 26.3 Å². The van der Waals surface area contributed by atoms with Gasteiger partial charge in [0, 0.05) is 32.4 Å². The summed E-state index contributed by atoms with van der Waals surface area (Å²) in [6.07, 6.45) is 2.68. The van der Waals surface area contributed by atoms with Gasteiger partial charge in [-0.2, -0.15) is 0 Å². The van der Waals surface area contributed by atoms with Crippen molar-refractivity contribution >= 4 is 39.8 Å². The molecule has 1 heterocycles. The number of halogens is 1. The van der Waals surface area contributed by atoms with Crippen molar-refractivity contribution in [2.24, 2.45) is 4.99 Å². The average Bonchev–Trinajstić information content (AvgIpc) is 2.61. The van der Waals surface area contributed by atoms with Gasteiger partial charge in [0.15, 0.2) is 17.5 Å². The zero-order valence-electron chi connectivity index (χ0n) is 16.4. The molecule has 0 aliphatic carbocycles. The van der Waals surface area contributed by atoms with Crippen LogP contribution in [0.3, 0.4) is 0 Å². The smallest absolute Gasteiger partial charge is 0.194 e. The normalized spacial score (nSPS) is 14.2. The van der Waals surface area contributed by atoms with Crippen LogP contribution in [0.1, 0.15) is 24.5 Å². The maximum absolute atomic E-state index is 11.3. The van der Waals surface area contributed by atoms with E-state index in [1.165, 1.54) is 17.4 Å². The largest absolute Gasteiger partial charge is 0.493 e. The summed E-state index contributed by atoms with van der Waals surface area (Å²) in [6.45, 7) is 4.86. The standard InChI is InChI=1S/C18H29N3O4S.HI/c1-5-19-18(20-8-6-10-26(4,22)23)21-9-7-14-11-16(24-2)17(25-3)12-15(14)13-21;/h11-12H,5-10,13H2,1-4H3,(H,19,20);1H. The van der Waals surface area contributed by atoms with Crippen LogP contribution in [-0.4, -0.2) is 65.1 Å². The summed E-state index contributed by atoms with van der Waals surface area (Å²) >= 11 is 0. The van der Waals surface area contributed by atoms with Crippen LogP contribution >= 0.6 is 24.0 Å². The Labute approximate surface area is 179 Å². The number of nitrogens with zero attached hydrogens (tertiary/aromatic N) is 2. The van der Waals surface area contributed by atoms with Crippen molar-refractivity contribution in [3.05, 3.63) is 23.3 Å². The van der Waals surface area contributed by atoms with Crippen LogP contribution in [0.25, 0.3) is 0 Å². The zero-order chi connectivity index (χ0) is 19.2. The summed E-state index contributed by atoms with van der Waals surface area (Å²) < 4.78 is 33.3. The average molecular weight is 511 g/mol. The molecule has 0 fully saturated rings. The molecule has 0 saturated heterocycles. The maximum Gasteiger partial charge on any atom is 0.194 e. The van der Waals surface area contributed by atoms with Gasteiger partial charge in [-0.1, -0.05) is 0 Å². The first kappa shape index (κ1) is 23.8. The van der Waals surface area contributed by atoms with Gasteiger partial charge in [-0.3, -0.25) is 4.99 Å². The topological polar surface area (TPSA) is 80.2 Å². The molecule has 0 atom stereocenters. The van der Waals surface area contributed by atoms with Gasteiger partial charge in [0.2, 0.25) is 0 Å². The molecule has 7 nitrogen and oxygen atoms in total. The summed E-state index contributed by atoms with van der Waals surface area (Å²) in [5.74, 6) is 2.46. The second kappa shape index (κ2) is 10.9. The van der Waals surface area contributed by atoms with E-state index >= 15 is 0 Å². The van der Waals surface area contributed by atoms with Gasteiger partial charge in [0.05, 0.1) is 20.0 Å². The van der Waals surface area contributed by atoms with E-state index in [2.05, 4.69) is 15.2 Å². The molecule has 0 aromatic heterocycles. The Morgan fingerprint density at radius 1 is 1.22 bits per heavy atom. The molecule has 1 N–H and O–H groups in total. The number of hydrogen-bond acceptors (Lipinski definition) is 5. The number of nitrogens with one attached hydrogen (secondary N) is 1. The van der Waals surface area contributed by atoms with Crippen LogP contribution in [-0.2, 0) is 22.8 Å². The second-order valence-electron chi connectivity index (χ2n) is 6.37. The summed E-state index contributed by atoms with van der Waals surface area (Å²) in [6, 6.07) is 4.06. The third-order valence-corrected chi connectivity index (χ3v) is 5.32. The molecule has 154 valence electrons. The van der Waals surface area contributed by atoms with E-state index in [0.717, 1.165) is 43.5 Å². The van der Waals surface area contributed by atoms with Crippen molar-refractivity contribution in [1.29, 1.82) is 0 Å². The quantitative estimate of drug-likeness (QED) is 0.262. The number of fused-ring (bicyclic) bond motifs is 1. The molecule has 1 aromatic rings. The third-order valence-electron chi connectivity index (χ3n) is 4.29. The van der Waals surface area contributed by atoms with Crippen molar-refractivity contribution in [2.75, 3.05) is 45.9 Å². The lowest BCUT2D eigenvalue weighted by Crippen LogP contribution is -2.44. The predicted molar refractivity (Wildman–Crippen MR) is 119 cm³/mol. The fourth-order valence-electron chi connectivity index (χ4n) is 3.00. The summed E-state index contributed by atoms with van der Waals surface area (Å²) in [5.41, 5.74) is 2.45. The van der Waals surface area contributed by atoms with Gasteiger partial charge >= 0.3 is 0 Å². The van der Waals surface area contributed by atoms with Crippen LogP contribution in [0.15, 0.2) is 17.1 Å². The van der Waals surface area contributed by atoms with Crippen molar-refractivity contribution < 1.29 is 17.9 Å². The molecule has 1 aromatic carbocycles. The lowest BCUT2D eigenvalue weighted by molar-refractivity contribution is 0.346. The molecule has 9 heteroatoms. The highest BCUT2D eigenvalue weighted by Gasteiger charge is 2.21. The molecule has 0 radical (unpaired) electrons. The van der Waals surface area contributed by atoms with Crippen molar-refractivity contribution in [1.82, 2.24) is 10.2 Å². The van der Waals surface area contributed by atoms with Gasteiger partial charge in [-0.25, -0.2) is 8.42 Å². The molecular formula is C18H30IN3O4S. The Balaban J connectivity index is 0.00000364. The number of rotatable bonds is 7. The molecule has 1 aliphatic rings. The number of hydrogen-bond donors (Lipinski definition) is 1. The molecular weight excluding hydrogens is 481 g/mol. The highest BCUT2D eigenvalue weighted by molar-refractivity contribution is 14.0. The molecule has 0 amide bonds. The number of methoxy groups -OCH3 is 2. The molecule has 0 spiro atoms. The van der Waals surface area contributed by atoms with Gasteiger partial charge in [-0.15, -0.1) is 24.0 Å². The first-order valence-electron chi connectivity index (χ1n) is 8.82. The highest BCUT2D eigenvalue weighted by Crippen LogP contribution is 2.33. The fourth-order valence-corrected chi connectivity index (χ4v) is 3.65. The second-order valence-corrected chi connectivity index (χ2v) is 8.63. The minimum Gasteiger partial charge on any atom is -0.493 e. The zero-order valence-corrected chi connectivity index (χ0v) is 19.6. The monoisotopic (exact) mass is 511 g/mol. The summed E-state index contributed by atoms with van der Waals surface area (Å²) in [5, 5.41) is 3.30. The van der Waals surface area contributed by atoms with E-state index in [4.69, 9.17) is 9.47 Å². The fraction of sp³-hybridized carbons (Fsp3) is 0.611. The first-order valence-corrected chi connectivity index (χ1v) is 10.9. The Kier molecular flexibility index (Phi) is 9.65. The Bertz CT molecular complexity index is 753. The number of aliphatic imine (C=N–C) groups is 1. The van der Waals surface area contributed by atoms with Crippen molar-refractivity contribution in [3.8, 4) is 11.5 Å². The SMILES string of the molecule is CCNC(=NCCCS(C)(=O)=O)N1CCc2cc(OC)c(OC)cc2C1.I. The number of benzene rings is 1. The minimum absolute atomic E-state index is 0. The Morgan fingerprint density at radius 3 is 2.41 bits per heavy atom. The van der Waals surface area contributed by atoms with E-state index in [0.29, 0.717) is 13.0 Å². The van der Waals surface area contributed by atoms with Gasteiger partial charge < -0.3 is 19.7 Å². The van der Waals surface area contributed by atoms with Crippen LogP contribution in [0.5, 0.6) is 11.5 Å². The van der Waals surface area contributed by atoms with Gasteiger partial charge in [0.1, 0.15) is 9.84 Å². The summed E-state index contributed by atoms with van der Waals surface area (Å²) in [4.78, 5) is 6.79. The molecule has 0 saturated carbocycles. The van der Waals surface area contributed by atoms with E-state index in [-0.39, 0.29) is 29.7 Å².